The van der Waals surface area contributed by atoms with E-state index in [1.165, 1.54) is 4.52 Å². The molecular formula is C12H8N4O. The highest BCUT2D eigenvalue weighted by Gasteiger charge is 2.09. The molecule has 0 atom stereocenters. The lowest BCUT2D eigenvalue weighted by atomic mass is 10.1. The molecular weight excluding hydrogens is 216 g/mol. The quantitative estimate of drug-likeness (QED) is 0.626. The third-order valence-electron chi connectivity index (χ3n) is 2.75. The number of rotatable bonds is 0. The van der Waals surface area contributed by atoms with Gasteiger partial charge in [-0.15, -0.1) is 0 Å². The highest BCUT2D eigenvalue weighted by atomic mass is 16.1. The molecule has 5 nitrogen and oxygen atoms in total. The van der Waals surface area contributed by atoms with E-state index in [1.54, 1.807) is 12.1 Å². The Balaban J connectivity index is 2.61. The number of aryl methyl sites for hydroxylation is 1. The SMILES string of the molecule is Cc1cccc2c(=O)n3[nH]c(C#N)cc3nc12. The number of fused-ring (bicyclic) bond motifs is 2. The summed E-state index contributed by atoms with van der Waals surface area (Å²) in [4.78, 5) is 16.5. The number of nitrogens with one attached hydrogen (secondary N) is 1. The number of nitrogens with zero attached hydrogens (tertiary/aromatic N) is 3. The van der Waals surface area contributed by atoms with Crippen LogP contribution in [-0.2, 0) is 0 Å². The van der Waals surface area contributed by atoms with E-state index < -0.39 is 0 Å². The Morgan fingerprint density at radius 2 is 2.29 bits per heavy atom. The average molecular weight is 224 g/mol. The average Bonchev–Trinajstić information content (AvgIpc) is 2.74. The molecule has 82 valence electrons. The Hall–Kier alpha value is -2.61. The smallest absolute Gasteiger partial charge is 0.279 e. The Morgan fingerprint density at radius 1 is 1.47 bits per heavy atom. The maximum atomic E-state index is 12.2. The van der Waals surface area contributed by atoms with E-state index in [2.05, 4.69) is 10.1 Å². The van der Waals surface area contributed by atoms with Gasteiger partial charge in [0.15, 0.2) is 5.65 Å². The zero-order valence-corrected chi connectivity index (χ0v) is 9.06. The van der Waals surface area contributed by atoms with Gasteiger partial charge in [0, 0.05) is 6.07 Å². The summed E-state index contributed by atoms with van der Waals surface area (Å²) in [5.74, 6) is 0. The van der Waals surface area contributed by atoms with Crippen LogP contribution in [0.4, 0.5) is 0 Å². The fourth-order valence-corrected chi connectivity index (χ4v) is 1.91. The first-order chi connectivity index (χ1) is 8.20. The summed E-state index contributed by atoms with van der Waals surface area (Å²) in [6.07, 6.45) is 0. The molecule has 0 fully saturated rings. The molecule has 1 aromatic carbocycles. The van der Waals surface area contributed by atoms with E-state index in [0.29, 0.717) is 22.2 Å². The first-order valence-electron chi connectivity index (χ1n) is 5.12. The van der Waals surface area contributed by atoms with Gasteiger partial charge in [-0.1, -0.05) is 12.1 Å². The van der Waals surface area contributed by atoms with Gasteiger partial charge in [-0.25, -0.2) is 4.98 Å². The van der Waals surface area contributed by atoms with Crippen molar-refractivity contribution >= 4 is 16.6 Å². The van der Waals surface area contributed by atoms with Gasteiger partial charge >= 0.3 is 0 Å². The molecule has 0 unspecified atom stereocenters. The Labute approximate surface area is 95.9 Å². The summed E-state index contributed by atoms with van der Waals surface area (Å²) >= 11 is 0. The van der Waals surface area contributed by atoms with Gasteiger partial charge in [-0.2, -0.15) is 9.78 Å². The second kappa shape index (κ2) is 3.19. The molecule has 0 saturated heterocycles. The minimum absolute atomic E-state index is 0.185. The van der Waals surface area contributed by atoms with Crippen LogP contribution in [0, 0.1) is 18.3 Å². The van der Waals surface area contributed by atoms with Crippen LogP contribution in [0.5, 0.6) is 0 Å². The second-order valence-corrected chi connectivity index (χ2v) is 3.86. The maximum Gasteiger partial charge on any atom is 0.280 e. The predicted octanol–water partition coefficient (Wildman–Crippen LogP) is 1.36. The van der Waals surface area contributed by atoms with Gasteiger partial charge in [-0.05, 0) is 18.6 Å². The monoisotopic (exact) mass is 224 g/mol. The lowest BCUT2D eigenvalue weighted by Crippen LogP contribution is -2.15. The second-order valence-electron chi connectivity index (χ2n) is 3.86. The van der Waals surface area contributed by atoms with Crippen LogP contribution in [0.15, 0.2) is 29.1 Å². The van der Waals surface area contributed by atoms with E-state index in [0.717, 1.165) is 5.56 Å². The van der Waals surface area contributed by atoms with Crippen molar-refractivity contribution in [2.75, 3.05) is 0 Å². The van der Waals surface area contributed by atoms with Crippen molar-refractivity contribution in [3.8, 4) is 6.07 Å². The number of para-hydroxylation sites is 1. The van der Waals surface area contributed by atoms with Gasteiger partial charge in [0.05, 0.1) is 10.9 Å². The predicted molar refractivity (Wildman–Crippen MR) is 62.8 cm³/mol. The lowest BCUT2D eigenvalue weighted by Gasteiger charge is -2.00. The Bertz CT molecular complexity index is 835. The molecule has 0 aliphatic heterocycles. The summed E-state index contributed by atoms with van der Waals surface area (Å²) in [7, 11) is 0. The van der Waals surface area contributed by atoms with Crippen LogP contribution in [-0.4, -0.2) is 14.6 Å². The van der Waals surface area contributed by atoms with Crippen molar-refractivity contribution in [3.63, 3.8) is 0 Å². The summed E-state index contributed by atoms with van der Waals surface area (Å²) < 4.78 is 1.29. The highest BCUT2D eigenvalue weighted by Crippen LogP contribution is 2.13. The van der Waals surface area contributed by atoms with E-state index >= 15 is 0 Å². The van der Waals surface area contributed by atoms with E-state index in [-0.39, 0.29) is 5.56 Å². The Morgan fingerprint density at radius 3 is 3.06 bits per heavy atom. The lowest BCUT2D eigenvalue weighted by molar-refractivity contribution is 0.906. The molecule has 0 aliphatic carbocycles. The number of benzene rings is 1. The van der Waals surface area contributed by atoms with Gasteiger partial charge in [0.1, 0.15) is 11.8 Å². The van der Waals surface area contributed by atoms with Crippen LogP contribution in [0.1, 0.15) is 11.3 Å². The van der Waals surface area contributed by atoms with E-state index in [9.17, 15) is 4.79 Å². The molecule has 0 bridgehead atoms. The molecule has 5 heteroatoms. The minimum Gasteiger partial charge on any atom is -0.279 e. The summed E-state index contributed by atoms with van der Waals surface area (Å²) in [6, 6.07) is 8.98. The van der Waals surface area contributed by atoms with E-state index in [4.69, 9.17) is 5.26 Å². The van der Waals surface area contributed by atoms with Crippen LogP contribution < -0.4 is 5.56 Å². The van der Waals surface area contributed by atoms with Gasteiger partial charge in [0.2, 0.25) is 0 Å². The third kappa shape index (κ3) is 1.24. The molecule has 0 saturated carbocycles. The summed E-state index contributed by atoms with van der Waals surface area (Å²) in [5.41, 5.74) is 2.23. The summed E-state index contributed by atoms with van der Waals surface area (Å²) in [6.45, 7) is 1.91. The molecule has 1 N–H and O–H groups in total. The van der Waals surface area contributed by atoms with Crippen LogP contribution >= 0.6 is 0 Å². The number of aromatic amines is 1. The van der Waals surface area contributed by atoms with Crippen molar-refractivity contribution in [1.29, 1.82) is 5.26 Å². The van der Waals surface area contributed by atoms with Crippen molar-refractivity contribution in [2.24, 2.45) is 0 Å². The topological polar surface area (TPSA) is 73.9 Å². The first-order valence-corrected chi connectivity index (χ1v) is 5.12. The van der Waals surface area contributed by atoms with Crippen LogP contribution in [0.2, 0.25) is 0 Å². The fourth-order valence-electron chi connectivity index (χ4n) is 1.91. The molecule has 2 aromatic heterocycles. The van der Waals surface area contributed by atoms with E-state index in [1.807, 2.05) is 25.1 Å². The molecule has 0 amide bonds. The number of nitriles is 1. The largest absolute Gasteiger partial charge is 0.280 e. The molecule has 0 spiro atoms. The first kappa shape index (κ1) is 9.60. The van der Waals surface area contributed by atoms with Crippen LogP contribution in [0.25, 0.3) is 16.6 Å². The van der Waals surface area contributed by atoms with Gasteiger partial charge in [-0.3, -0.25) is 9.89 Å². The van der Waals surface area contributed by atoms with Crippen molar-refractivity contribution < 1.29 is 0 Å². The van der Waals surface area contributed by atoms with Gasteiger partial charge < -0.3 is 0 Å². The molecule has 0 radical (unpaired) electrons. The Kier molecular flexibility index (Phi) is 1.80. The highest BCUT2D eigenvalue weighted by molar-refractivity contribution is 5.82. The van der Waals surface area contributed by atoms with Gasteiger partial charge in [0.25, 0.3) is 5.56 Å². The molecule has 3 aromatic rings. The maximum absolute atomic E-state index is 12.2. The zero-order valence-electron chi connectivity index (χ0n) is 9.06. The normalized spacial score (nSPS) is 10.8. The van der Waals surface area contributed by atoms with Crippen molar-refractivity contribution in [2.45, 2.75) is 6.92 Å². The molecule has 17 heavy (non-hydrogen) atoms. The molecule has 0 aliphatic rings. The number of hydrogen-bond acceptors (Lipinski definition) is 3. The third-order valence-corrected chi connectivity index (χ3v) is 2.75. The molecule has 3 rings (SSSR count). The standard InChI is InChI=1S/C12H8N4O/c1-7-3-2-4-9-11(7)14-10-5-8(6-13)15-16(10)12(9)17/h2-5,15H,1H3. The van der Waals surface area contributed by atoms with Crippen molar-refractivity contribution in [3.05, 3.63) is 45.9 Å². The summed E-state index contributed by atoms with van der Waals surface area (Å²) in [5, 5.41) is 12.1. The molecule has 2 heterocycles. The zero-order chi connectivity index (χ0) is 12.0. The number of aromatic nitrogens is 3. The minimum atomic E-state index is -0.185. The van der Waals surface area contributed by atoms with Crippen LogP contribution in [0.3, 0.4) is 0 Å². The number of hydrogen-bond donors (Lipinski definition) is 1. The number of H-pyrrole nitrogens is 1. The van der Waals surface area contributed by atoms with Crippen molar-refractivity contribution in [1.82, 2.24) is 14.6 Å². The fraction of sp³-hybridized carbons (Fsp3) is 0.0833.